The molecule has 100 valence electrons. The molecule has 0 saturated heterocycles. The largest absolute Gasteiger partial charge is 0.444 e. The number of hydrogen-bond donors (Lipinski definition) is 2. The lowest BCUT2D eigenvalue weighted by molar-refractivity contribution is -0.121. The fraction of sp³-hybridized carbons (Fsp3) is 0.455. The Morgan fingerprint density at radius 2 is 2.06 bits per heavy atom. The zero-order chi connectivity index (χ0) is 13.4. The van der Waals surface area contributed by atoms with Crippen molar-refractivity contribution in [3.05, 3.63) is 22.6 Å². The predicted molar refractivity (Wildman–Crippen MR) is 68.2 cm³/mol. The van der Waals surface area contributed by atoms with Gasteiger partial charge in [-0.3, -0.25) is 9.59 Å². The molecule has 0 atom stereocenters. The van der Waals surface area contributed by atoms with Gasteiger partial charge in [0.05, 0.1) is 6.61 Å². The fourth-order valence-corrected chi connectivity index (χ4v) is 1.49. The Bertz CT molecular complexity index is 406. The number of amides is 2. The first kappa shape index (κ1) is 14.7. The van der Waals surface area contributed by atoms with E-state index in [1.54, 1.807) is 12.1 Å². The molecule has 7 heteroatoms. The molecule has 1 heterocycles. The van der Waals surface area contributed by atoms with Crippen LogP contribution in [0.15, 0.2) is 21.2 Å². The highest BCUT2D eigenvalue weighted by Crippen LogP contribution is 2.13. The number of hydrogen-bond acceptors (Lipinski definition) is 4. The van der Waals surface area contributed by atoms with E-state index in [-0.39, 0.29) is 17.6 Å². The van der Waals surface area contributed by atoms with Crippen molar-refractivity contribution >= 4 is 27.7 Å². The van der Waals surface area contributed by atoms with Gasteiger partial charge in [-0.1, -0.05) is 0 Å². The molecule has 0 spiro atoms. The van der Waals surface area contributed by atoms with Crippen LogP contribution in [0, 0.1) is 0 Å². The SMILES string of the molecule is COCCC(=O)NCCNC(=O)c1ccc(Br)o1. The van der Waals surface area contributed by atoms with Crippen LogP contribution in [-0.4, -0.2) is 38.6 Å². The van der Waals surface area contributed by atoms with Crippen molar-refractivity contribution in [3.8, 4) is 0 Å². The van der Waals surface area contributed by atoms with Crippen LogP contribution < -0.4 is 10.6 Å². The van der Waals surface area contributed by atoms with E-state index in [0.717, 1.165) is 0 Å². The van der Waals surface area contributed by atoms with Crippen LogP contribution >= 0.6 is 15.9 Å². The molecule has 0 saturated carbocycles. The van der Waals surface area contributed by atoms with Gasteiger partial charge in [-0.15, -0.1) is 0 Å². The Hall–Kier alpha value is -1.34. The van der Waals surface area contributed by atoms with Gasteiger partial charge in [0, 0.05) is 26.6 Å². The first-order valence-electron chi connectivity index (χ1n) is 5.42. The maximum atomic E-state index is 11.5. The third-order valence-corrected chi connectivity index (χ3v) is 2.49. The van der Waals surface area contributed by atoms with Crippen LogP contribution in [0.2, 0.25) is 0 Å². The highest BCUT2D eigenvalue weighted by Gasteiger charge is 2.09. The van der Waals surface area contributed by atoms with Crippen LogP contribution in [0.5, 0.6) is 0 Å². The number of nitrogens with one attached hydrogen (secondary N) is 2. The number of rotatable bonds is 7. The second-order valence-corrected chi connectivity index (χ2v) is 4.23. The van der Waals surface area contributed by atoms with Crippen molar-refractivity contribution in [2.24, 2.45) is 0 Å². The van der Waals surface area contributed by atoms with Gasteiger partial charge in [0.25, 0.3) is 5.91 Å². The summed E-state index contributed by atoms with van der Waals surface area (Å²) in [6.07, 6.45) is 0.315. The Kier molecular flexibility index (Phi) is 6.45. The maximum Gasteiger partial charge on any atom is 0.287 e. The summed E-state index contributed by atoms with van der Waals surface area (Å²) in [4.78, 5) is 22.7. The van der Waals surface area contributed by atoms with Gasteiger partial charge >= 0.3 is 0 Å². The smallest absolute Gasteiger partial charge is 0.287 e. The lowest BCUT2D eigenvalue weighted by Gasteiger charge is -2.05. The molecule has 2 N–H and O–H groups in total. The zero-order valence-electron chi connectivity index (χ0n) is 9.99. The Morgan fingerprint density at radius 1 is 1.33 bits per heavy atom. The van der Waals surface area contributed by atoms with Gasteiger partial charge in [0.2, 0.25) is 5.91 Å². The van der Waals surface area contributed by atoms with Gasteiger partial charge in [-0.2, -0.15) is 0 Å². The van der Waals surface area contributed by atoms with Crippen LogP contribution in [0.1, 0.15) is 17.0 Å². The van der Waals surface area contributed by atoms with Gasteiger partial charge in [-0.05, 0) is 28.1 Å². The summed E-state index contributed by atoms with van der Waals surface area (Å²) in [5.41, 5.74) is 0. The topological polar surface area (TPSA) is 80.6 Å². The highest BCUT2D eigenvalue weighted by atomic mass is 79.9. The second kappa shape index (κ2) is 7.88. The molecule has 6 nitrogen and oxygen atoms in total. The minimum Gasteiger partial charge on any atom is -0.444 e. The van der Waals surface area contributed by atoms with E-state index in [1.165, 1.54) is 7.11 Å². The number of halogens is 1. The lowest BCUT2D eigenvalue weighted by Crippen LogP contribution is -2.34. The van der Waals surface area contributed by atoms with Crippen molar-refractivity contribution in [2.45, 2.75) is 6.42 Å². The standard InChI is InChI=1S/C11H15BrN2O4/c1-17-7-4-10(15)13-5-6-14-11(16)8-2-3-9(12)18-8/h2-3H,4-7H2,1H3,(H,13,15)(H,14,16). The molecular weight excluding hydrogens is 304 g/mol. The molecule has 0 fully saturated rings. The minimum absolute atomic E-state index is 0.105. The molecule has 0 bridgehead atoms. The molecular formula is C11H15BrN2O4. The number of furan rings is 1. The summed E-state index contributed by atoms with van der Waals surface area (Å²) >= 11 is 3.11. The van der Waals surface area contributed by atoms with Crippen molar-refractivity contribution in [2.75, 3.05) is 26.8 Å². The molecule has 0 aliphatic heterocycles. The van der Waals surface area contributed by atoms with Gasteiger partial charge in [0.15, 0.2) is 10.4 Å². The van der Waals surface area contributed by atoms with Crippen LogP contribution in [0.4, 0.5) is 0 Å². The molecule has 1 aromatic rings. The van der Waals surface area contributed by atoms with Crippen molar-refractivity contribution in [3.63, 3.8) is 0 Å². The second-order valence-electron chi connectivity index (χ2n) is 3.45. The summed E-state index contributed by atoms with van der Waals surface area (Å²) in [7, 11) is 1.54. The summed E-state index contributed by atoms with van der Waals surface area (Å²) < 4.78 is 10.3. The van der Waals surface area contributed by atoms with E-state index in [1.807, 2.05) is 0 Å². The van der Waals surface area contributed by atoms with Crippen LogP contribution in [0.3, 0.4) is 0 Å². The molecule has 0 aliphatic rings. The third kappa shape index (κ3) is 5.33. The van der Waals surface area contributed by atoms with E-state index in [4.69, 9.17) is 9.15 Å². The quantitative estimate of drug-likeness (QED) is 0.733. The average Bonchev–Trinajstić information content (AvgIpc) is 2.78. The molecule has 0 aromatic carbocycles. The van der Waals surface area contributed by atoms with Gasteiger partial charge in [0.1, 0.15) is 0 Å². The fourth-order valence-electron chi connectivity index (χ4n) is 1.18. The molecule has 2 amide bonds. The lowest BCUT2D eigenvalue weighted by atomic mass is 10.4. The average molecular weight is 319 g/mol. The normalized spacial score (nSPS) is 10.1. The molecule has 1 rings (SSSR count). The first-order valence-corrected chi connectivity index (χ1v) is 6.22. The highest BCUT2D eigenvalue weighted by molar-refractivity contribution is 9.10. The summed E-state index contributed by atoms with van der Waals surface area (Å²) in [6.45, 7) is 1.10. The monoisotopic (exact) mass is 318 g/mol. The predicted octanol–water partition coefficient (Wildman–Crippen LogP) is 0.925. The Morgan fingerprint density at radius 3 is 2.67 bits per heavy atom. The third-order valence-electron chi connectivity index (χ3n) is 2.06. The molecule has 0 radical (unpaired) electrons. The van der Waals surface area contributed by atoms with Crippen LogP contribution in [-0.2, 0) is 9.53 Å². The number of ether oxygens (including phenoxy) is 1. The molecule has 0 unspecified atom stereocenters. The number of carbonyl (C=O) groups excluding carboxylic acids is 2. The molecule has 18 heavy (non-hydrogen) atoms. The van der Waals surface area contributed by atoms with E-state index in [0.29, 0.717) is 30.8 Å². The Labute approximate surface area is 113 Å². The molecule has 1 aromatic heterocycles. The zero-order valence-corrected chi connectivity index (χ0v) is 11.6. The first-order chi connectivity index (χ1) is 8.63. The maximum absolute atomic E-state index is 11.5. The van der Waals surface area contributed by atoms with Crippen molar-refractivity contribution in [1.82, 2.24) is 10.6 Å². The minimum atomic E-state index is -0.313. The van der Waals surface area contributed by atoms with Crippen LogP contribution in [0.25, 0.3) is 0 Å². The molecule has 0 aliphatic carbocycles. The van der Waals surface area contributed by atoms with Gasteiger partial charge in [-0.25, -0.2) is 0 Å². The summed E-state index contributed by atoms with van der Waals surface area (Å²) in [5.74, 6) is -0.189. The summed E-state index contributed by atoms with van der Waals surface area (Å²) in [5, 5.41) is 5.28. The van der Waals surface area contributed by atoms with E-state index < -0.39 is 0 Å². The van der Waals surface area contributed by atoms with E-state index >= 15 is 0 Å². The summed E-state index contributed by atoms with van der Waals surface area (Å²) in [6, 6.07) is 3.21. The number of methoxy groups -OCH3 is 1. The van der Waals surface area contributed by atoms with Gasteiger partial charge < -0.3 is 19.8 Å². The number of carbonyl (C=O) groups is 2. The van der Waals surface area contributed by atoms with Crippen molar-refractivity contribution in [1.29, 1.82) is 0 Å². The van der Waals surface area contributed by atoms with Crippen molar-refractivity contribution < 1.29 is 18.7 Å². The van der Waals surface area contributed by atoms with E-state index in [2.05, 4.69) is 26.6 Å². The Balaban J connectivity index is 2.14. The van der Waals surface area contributed by atoms with E-state index in [9.17, 15) is 9.59 Å².